The van der Waals surface area contributed by atoms with Gasteiger partial charge >= 0.3 is 0 Å². The predicted molar refractivity (Wildman–Crippen MR) is 74.0 cm³/mol. The van der Waals surface area contributed by atoms with E-state index in [4.69, 9.17) is 0 Å². The number of carbonyl (C=O) groups excluding carboxylic acids is 1. The highest BCUT2D eigenvalue weighted by Crippen LogP contribution is 2.52. The molecule has 1 saturated carbocycles. The predicted octanol–water partition coefficient (Wildman–Crippen LogP) is 4.76. The SMILES string of the molecule is CC(=CCCC=O)CCC1CC(C)(C(C)C)C1. The second kappa shape index (κ2) is 6.37. The van der Waals surface area contributed by atoms with Crippen molar-refractivity contribution in [2.24, 2.45) is 17.3 Å². The Labute approximate surface area is 107 Å². The van der Waals surface area contributed by atoms with Gasteiger partial charge in [0.25, 0.3) is 0 Å². The molecule has 0 saturated heterocycles. The largest absolute Gasteiger partial charge is 0.303 e. The van der Waals surface area contributed by atoms with Crippen LogP contribution < -0.4 is 0 Å². The molecule has 1 rings (SSSR count). The number of carbonyl (C=O) groups is 1. The van der Waals surface area contributed by atoms with Gasteiger partial charge in [-0.1, -0.05) is 32.4 Å². The van der Waals surface area contributed by atoms with Crippen molar-refractivity contribution < 1.29 is 4.79 Å². The minimum Gasteiger partial charge on any atom is -0.303 e. The first-order valence-corrected chi connectivity index (χ1v) is 7.07. The van der Waals surface area contributed by atoms with Crippen LogP contribution in [-0.4, -0.2) is 6.29 Å². The summed E-state index contributed by atoms with van der Waals surface area (Å²) in [5.74, 6) is 1.76. The molecule has 0 N–H and O–H groups in total. The fourth-order valence-corrected chi connectivity index (χ4v) is 2.87. The Morgan fingerprint density at radius 3 is 2.53 bits per heavy atom. The van der Waals surface area contributed by atoms with Gasteiger partial charge < -0.3 is 4.79 Å². The van der Waals surface area contributed by atoms with Gasteiger partial charge in [-0.15, -0.1) is 0 Å². The molecule has 0 atom stereocenters. The normalized spacial score (nSPS) is 29.2. The van der Waals surface area contributed by atoms with Crippen molar-refractivity contribution in [3.8, 4) is 0 Å². The molecule has 1 aliphatic rings. The Morgan fingerprint density at radius 1 is 1.35 bits per heavy atom. The van der Waals surface area contributed by atoms with Gasteiger partial charge in [0.2, 0.25) is 0 Å². The molecule has 1 aliphatic carbocycles. The Morgan fingerprint density at radius 2 is 2.00 bits per heavy atom. The van der Waals surface area contributed by atoms with E-state index in [2.05, 4.69) is 33.8 Å². The molecule has 1 nitrogen and oxygen atoms in total. The molecule has 0 heterocycles. The van der Waals surface area contributed by atoms with Crippen LogP contribution in [0.15, 0.2) is 11.6 Å². The lowest BCUT2D eigenvalue weighted by Gasteiger charge is -2.48. The van der Waals surface area contributed by atoms with Crippen LogP contribution >= 0.6 is 0 Å². The number of hydrogen-bond donors (Lipinski definition) is 0. The average Bonchev–Trinajstić information content (AvgIpc) is 2.22. The summed E-state index contributed by atoms with van der Waals surface area (Å²) < 4.78 is 0. The van der Waals surface area contributed by atoms with Gasteiger partial charge in [-0.05, 0) is 56.3 Å². The molecule has 0 amide bonds. The van der Waals surface area contributed by atoms with Crippen LogP contribution in [0.3, 0.4) is 0 Å². The molecule has 0 radical (unpaired) electrons. The topological polar surface area (TPSA) is 17.1 Å². The van der Waals surface area contributed by atoms with Crippen molar-refractivity contribution >= 4 is 6.29 Å². The van der Waals surface area contributed by atoms with E-state index in [1.165, 1.54) is 31.3 Å². The van der Waals surface area contributed by atoms with Crippen LogP contribution in [0, 0.1) is 17.3 Å². The van der Waals surface area contributed by atoms with Gasteiger partial charge in [0.05, 0.1) is 0 Å². The van der Waals surface area contributed by atoms with E-state index in [0.717, 1.165) is 24.5 Å². The zero-order valence-corrected chi connectivity index (χ0v) is 12.0. The highest BCUT2D eigenvalue weighted by molar-refractivity contribution is 5.49. The summed E-state index contributed by atoms with van der Waals surface area (Å²) in [6.07, 6.45) is 10.2. The summed E-state index contributed by atoms with van der Waals surface area (Å²) in [7, 11) is 0. The molecular weight excluding hydrogens is 208 g/mol. The smallest absolute Gasteiger partial charge is 0.120 e. The summed E-state index contributed by atoms with van der Waals surface area (Å²) in [5, 5.41) is 0. The van der Waals surface area contributed by atoms with Crippen molar-refractivity contribution in [3.05, 3.63) is 11.6 Å². The fourth-order valence-electron chi connectivity index (χ4n) is 2.87. The van der Waals surface area contributed by atoms with Gasteiger partial charge in [-0.3, -0.25) is 0 Å². The number of unbranched alkanes of at least 4 members (excludes halogenated alkanes) is 1. The molecule has 0 unspecified atom stereocenters. The van der Waals surface area contributed by atoms with E-state index < -0.39 is 0 Å². The quantitative estimate of drug-likeness (QED) is 0.354. The van der Waals surface area contributed by atoms with E-state index in [9.17, 15) is 4.79 Å². The molecule has 1 fully saturated rings. The molecule has 0 aromatic carbocycles. The average molecular weight is 236 g/mol. The third-order valence-corrected chi connectivity index (χ3v) is 4.63. The second-order valence-electron chi connectivity index (χ2n) is 6.42. The van der Waals surface area contributed by atoms with Crippen LogP contribution in [0.2, 0.25) is 0 Å². The number of rotatable bonds is 7. The highest BCUT2D eigenvalue weighted by Gasteiger charge is 2.41. The maximum atomic E-state index is 10.2. The molecule has 98 valence electrons. The van der Waals surface area contributed by atoms with Gasteiger partial charge in [0, 0.05) is 6.42 Å². The van der Waals surface area contributed by atoms with Gasteiger partial charge in [-0.25, -0.2) is 0 Å². The van der Waals surface area contributed by atoms with E-state index in [1.54, 1.807) is 0 Å². The van der Waals surface area contributed by atoms with Gasteiger partial charge in [-0.2, -0.15) is 0 Å². The maximum Gasteiger partial charge on any atom is 0.120 e. The van der Waals surface area contributed by atoms with Crippen LogP contribution in [0.5, 0.6) is 0 Å². The summed E-state index contributed by atoms with van der Waals surface area (Å²) >= 11 is 0. The molecule has 1 heteroatoms. The summed E-state index contributed by atoms with van der Waals surface area (Å²) in [5.41, 5.74) is 2.07. The molecule has 0 aliphatic heterocycles. The van der Waals surface area contributed by atoms with Crippen LogP contribution in [0.4, 0.5) is 0 Å². The van der Waals surface area contributed by atoms with Crippen LogP contribution in [0.1, 0.15) is 66.2 Å². The van der Waals surface area contributed by atoms with Crippen LogP contribution in [0.25, 0.3) is 0 Å². The fraction of sp³-hybridized carbons (Fsp3) is 0.812. The summed E-state index contributed by atoms with van der Waals surface area (Å²) in [6.45, 7) is 9.33. The summed E-state index contributed by atoms with van der Waals surface area (Å²) in [4.78, 5) is 10.2. The molecular formula is C16H28O. The van der Waals surface area contributed by atoms with Crippen molar-refractivity contribution in [2.75, 3.05) is 0 Å². The standard InChI is InChI=1S/C16H28O/c1-13(2)16(4)11-15(12-16)9-8-14(3)7-5-6-10-17/h7,10,13,15H,5-6,8-9,11-12H2,1-4H3. The third-order valence-electron chi connectivity index (χ3n) is 4.63. The lowest BCUT2D eigenvalue weighted by atomic mass is 9.57. The lowest BCUT2D eigenvalue weighted by Crippen LogP contribution is -2.38. The molecule has 0 aromatic heterocycles. The molecule has 0 bridgehead atoms. The Balaban J connectivity index is 2.17. The van der Waals surface area contributed by atoms with Gasteiger partial charge in [0.15, 0.2) is 0 Å². The summed E-state index contributed by atoms with van der Waals surface area (Å²) in [6, 6.07) is 0. The van der Waals surface area contributed by atoms with Crippen molar-refractivity contribution in [1.29, 1.82) is 0 Å². The highest BCUT2D eigenvalue weighted by atomic mass is 16.1. The van der Waals surface area contributed by atoms with Crippen LogP contribution in [-0.2, 0) is 4.79 Å². The van der Waals surface area contributed by atoms with E-state index in [-0.39, 0.29) is 0 Å². The molecule has 0 aromatic rings. The maximum absolute atomic E-state index is 10.2. The van der Waals surface area contributed by atoms with E-state index in [0.29, 0.717) is 11.8 Å². The number of hydrogen-bond acceptors (Lipinski definition) is 1. The first-order valence-electron chi connectivity index (χ1n) is 7.07. The minimum atomic E-state index is 0.611. The molecule has 17 heavy (non-hydrogen) atoms. The zero-order valence-electron chi connectivity index (χ0n) is 12.0. The Bertz CT molecular complexity index is 269. The molecule has 0 spiro atoms. The van der Waals surface area contributed by atoms with Crippen molar-refractivity contribution in [1.82, 2.24) is 0 Å². The first kappa shape index (κ1) is 14.5. The lowest BCUT2D eigenvalue weighted by molar-refractivity contribution is -0.107. The number of allylic oxidation sites excluding steroid dienone is 2. The van der Waals surface area contributed by atoms with E-state index in [1.807, 2.05) is 0 Å². The monoisotopic (exact) mass is 236 g/mol. The van der Waals surface area contributed by atoms with E-state index >= 15 is 0 Å². The minimum absolute atomic E-state index is 0.611. The first-order chi connectivity index (χ1) is 7.98. The number of aldehydes is 1. The third kappa shape index (κ3) is 4.29. The van der Waals surface area contributed by atoms with Crippen molar-refractivity contribution in [3.63, 3.8) is 0 Å². The van der Waals surface area contributed by atoms with Crippen molar-refractivity contribution in [2.45, 2.75) is 66.2 Å². The zero-order chi connectivity index (χ0) is 12.9. The van der Waals surface area contributed by atoms with Gasteiger partial charge in [0.1, 0.15) is 6.29 Å². The Kier molecular flexibility index (Phi) is 5.42. The second-order valence-corrected chi connectivity index (χ2v) is 6.42. The Hall–Kier alpha value is -0.590.